The number of benzene rings is 1. The van der Waals surface area contributed by atoms with E-state index in [1.54, 1.807) is 6.07 Å². The molecule has 1 saturated carbocycles. The molecule has 0 spiro atoms. The van der Waals surface area contributed by atoms with E-state index in [1.807, 2.05) is 6.07 Å². The van der Waals surface area contributed by atoms with Crippen molar-refractivity contribution >= 4 is 16.8 Å². The first-order chi connectivity index (χ1) is 12.5. The molecule has 1 unspecified atom stereocenters. The molecule has 26 heavy (non-hydrogen) atoms. The number of rotatable bonds is 3. The van der Waals surface area contributed by atoms with E-state index in [9.17, 15) is 9.18 Å². The van der Waals surface area contributed by atoms with Crippen LogP contribution in [0.3, 0.4) is 0 Å². The molecular weight excluding hydrogens is 327 g/mol. The summed E-state index contributed by atoms with van der Waals surface area (Å²) < 4.78 is 13.8. The van der Waals surface area contributed by atoms with Gasteiger partial charge in [-0.1, -0.05) is 33.1 Å². The van der Waals surface area contributed by atoms with Gasteiger partial charge in [0.25, 0.3) is 0 Å². The van der Waals surface area contributed by atoms with Gasteiger partial charge in [-0.25, -0.2) is 4.39 Å². The van der Waals surface area contributed by atoms with Crippen LogP contribution >= 0.6 is 0 Å². The molecule has 1 fully saturated rings. The Hall–Kier alpha value is -1.84. The number of hydrogen-bond acceptors (Lipinski definition) is 1. The second-order valence-electron chi connectivity index (χ2n) is 8.47. The summed E-state index contributed by atoms with van der Waals surface area (Å²) in [6, 6.07) is 5.05. The molecule has 1 aliphatic heterocycles. The highest BCUT2D eigenvalue weighted by Crippen LogP contribution is 2.39. The maximum atomic E-state index is 13.8. The molecule has 1 aromatic heterocycles. The van der Waals surface area contributed by atoms with Crippen molar-refractivity contribution in [2.45, 2.75) is 64.8 Å². The average Bonchev–Trinajstić information content (AvgIpc) is 3.00. The zero-order valence-corrected chi connectivity index (χ0v) is 15.9. The van der Waals surface area contributed by atoms with Crippen molar-refractivity contribution in [2.24, 2.45) is 11.8 Å². The second-order valence-corrected chi connectivity index (χ2v) is 8.47. The molecule has 1 atom stereocenters. The van der Waals surface area contributed by atoms with Gasteiger partial charge >= 0.3 is 0 Å². The molecule has 1 amide bonds. The molecule has 1 N–H and O–H groups in total. The molecule has 0 saturated heterocycles. The molecule has 0 radical (unpaired) electrons. The molecule has 2 aliphatic rings. The topological polar surface area (TPSA) is 36.1 Å². The van der Waals surface area contributed by atoms with Crippen LogP contribution in [0.4, 0.5) is 4.39 Å². The molecule has 4 heteroatoms. The predicted octanol–water partition coefficient (Wildman–Crippen LogP) is 5.36. The third-order valence-corrected chi connectivity index (χ3v) is 6.15. The van der Waals surface area contributed by atoms with Crippen LogP contribution < -0.4 is 0 Å². The molecule has 0 bridgehead atoms. The van der Waals surface area contributed by atoms with Crippen LogP contribution in [0.2, 0.25) is 0 Å². The average molecular weight is 356 g/mol. The van der Waals surface area contributed by atoms with Crippen molar-refractivity contribution in [1.29, 1.82) is 0 Å². The molecular formula is C22H29FN2O. The van der Waals surface area contributed by atoms with Gasteiger partial charge in [0.2, 0.25) is 5.91 Å². The molecule has 1 aromatic carbocycles. The molecule has 4 rings (SSSR count). The van der Waals surface area contributed by atoms with Gasteiger partial charge in [-0.3, -0.25) is 4.79 Å². The van der Waals surface area contributed by atoms with Crippen LogP contribution in [0.5, 0.6) is 0 Å². The van der Waals surface area contributed by atoms with Gasteiger partial charge in [-0.2, -0.15) is 0 Å². The third kappa shape index (κ3) is 3.15. The van der Waals surface area contributed by atoms with E-state index in [0.717, 1.165) is 48.8 Å². The van der Waals surface area contributed by atoms with Crippen molar-refractivity contribution in [3.05, 3.63) is 35.3 Å². The number of aromatic nitrogens is 1. The zero-order valence-electron chi connectivity index (χ0n) is 15.9. The fourth-order valence-electron chi connectivity index (χ4n) is 4.88. The van der Waals surface area contributed by atoms with E-state index < -0.39 is 0 Å². The summed E-state index contributed by atoms with van der Waals surface area (Å²) in [5.41, 5.74) is 3.32. The first kappa shape index (κ1) is 17.6. The summed E-state index contributed by atoms with van der Waals surface area (Å²) >= 11 is 0. The lowest BCUT2D eigenvalue weighted by Crippen LogP contribution is -2.44. The molecule has 3 nitrogen and oxygen atoms in total. The van der Waals surface area contributed by atoms with E-state index >= 15 is 0 Å². The van der Waals surface area contributed by atoms with Crippen molar-refractivity contribution in [2.75, 3.05) is 6.54 Å². The third-order valence-electron chi connectivity index (χ3n) is 6.15. The summed E-state index contributed by atoms with van der Waals surface area (Å²) in [6.07, 6.45) is 7.44. The standard InChI is InChI=1S/C22H29FN2O/c1-14(2)12-20-21-17(18-13-16(23)8-9-19(18)24-21)10-11-25(20)22(26)15-6-4-3-5-7-15/h8-9,13-15,20,24H,3-7,10-12H2,1-2H3. The van der Waals surface area contributed by atoms with Gasteiger partial charge < -0.3 is 9.88 Å². The Kier molecular flexibility index (Phi) is 4.76. The van der Waals surface area contributed by atoms with Gasteiger partial charge in [-0.05, 0) is 55.4 Å². The lowest BCUT2D eigenvalue weighted by atomic mass is 9.85. The number of nitrogens with zero attached hydrogens (tertiary/aromatic N) is 1. The normalized spacial score (nSPS) is 21.4. The lowest BCUT2D eigenvalue weighted by molar-refractivity contribution is -0.140. The number of nitrogens with one attached hydrogen (secondary N) is 1. The van der Waals surface area contributed by atoms with Crippen LogP contribution in [-0.2, 0) is 11.2 Å². The van der Waals surface area contributed by atoms with Crippen molar-refractivity contribution in [1.82, 2.24) is 9.88 Å². The largest absolute Gasteiger partial charge is 0.356 e. The maximum Gasteiger partial charge on any atom is 0.226 e. The molecule has 2 heterocycles. The Morgan fingerprint density at radius 2 is 2.04 bits per heavy atom. The van der Waals surface area contributed by atoms with Crippen molar-refractivity contribution in [3.63, 3.8) is 0 Å². The minimum absolute atomic E-state index is 0.0867. The highest BCUT2D eigenvalue weighted by Gasteiger charge is 2.36. The Balaban J connectivity index is 1.71. The van der Waals surface area contributed by atoms with Crippen LogP contribution in [0.15, 0.2) is 18.2 Å². The summed E-state index contributed by atoms with van der Waals surface area (Å²) in [5, 5.41) is 0.985. The smallest absolute Gasteiger partial charge is 0.226 e. The minimum Gasteiger partial charge on any atom is -0.356 e. The van der Waals surface area contributed by atoms with Gasteiger partial charge in [0.1, 0.15) is 5.82 Å². The number of amides is 1. The lowest BCUT2D eigenvalue weighted by Gasteiger charge is -2.39. The van der Waals surface area contributed by atoms with E-state index in [2.05, 4.69) is 23.7 Å². The van der Waals surface area contributed by atoms with Crippen LogP contribution in [0.25, 0.3) is 10.9 Å². The fraction of sp³-hybridized carbons (Fsp3) is 0.591. The quantitative estimate of drug-likeness (QED) is 0.790. The number of carbonyl (C=O) groups excluding carboxylic acids is 1. The predicted molar refractivity (Wildman–Crippen MR) is 102 cm³/mol. The van der Waals surface area contributed by atoms with E-state index in [4.69, 9.17) is 0 Å². The number of halogens is 1. The number of aromatic amines is 1. The summed E-state index contributed by atoms with van der Waals surface area (Å²) in [5.74, 6) is 0.837. The summed E-state index contributed by atoms with van der Waals surface area (Å²) in [6.45, 7) is 5.17. The van der Waals surface area contributed by atoms with Crippen LogP contribution in [-0.4, -0.2) is 22.3 Å². The maximum absolute atomic E-state index is 13.8. The molecule has 2 aromatic rings. The van der Waals surface area contributed by atoms with E-state index in [0.29, 0.717) is 11.8 Å². The highest BCUT2D eigenvalue weighted by atomic mass is 19.1. The van der Waals surface area contributed by atoms with Crippen molar-refractivity contribution in [3.8, 4) is 0 Å². The Bertz CT molecular complexity index is 804. The van der Waals surface area contributed by atoms with Gasteiger partial charge in [0.15, 0.2) is 0 Å². The number of fused-ring (bicyclic) bond motifs is 3. The molecule has 1 aliphatic carbocycles. The first-order valence-electron chi connectivity index (χ1n) is 10.1. The SMILES string of the molecule is CC(C)CC1c2[nH]c3ccc(F)cc3c2CCN1C(=O)C1CCCCC1. The van der Waals surface area contributed by atoms with E-state index in [1.165, 1.54) is 30.9 Å². The molecule has 140 valence electrons. The Morgan fingerprint density at radius 1 is 1.27 bits per heavy atom. The summed E-state index contributed by atoms with van der Waals surface area (Å²) in [4.78, 5) is 18.9. The van der Waals surface area contributed by atoms with E-state index in [-0.39, 0.29) is 17.8 Å². The van der Waals surface area contributed by atoms with Crippen molar-refractivity contribution < 1.29 is 9.18 Å². The monoisotopic (exact) mass is 356 g/mol. The Morgan fingerprint density at radius 3 is 2.77 bits per heavy atom. The van der Waals surface area contributed by atoms with Crippen LogP contribution in [0, 0.1) is 17.7 Å². The number of carbonyl (C=O) groups is 1. The fourth-order valence-corrected chi connectivity index (χ4v) is 4.88. The zero-order chi connectivity index (χ0) is 18.3. The number of hydrogen-bond donors (Lipinski definition) is 1. The summed E-state index contributed by atoms with van der Waals surface area (Å²) in [7, 11) is 0. The minimum atomic E-state index is -0.194. The van der Waals surface area contributed by atoms with Crippen LogP contribution in [0.1, 0.15) is 69.7 Å². The van der Waals surface area contributed by atoms with Gasteiger partial charge in [0, 0.05) is 29.1 Å². The highest BCUT2D eigenvalue weighted by molar-refractivity contribution is 5.86. The first-order valence-corrected chi connectivity index (χ1v) is 10.1. The van der Waals surface area contributed by atoms with Gasteiger partial charge in [0.05, 0.1) is 6.04 Å². The number of H-pyrrole nitrogens is 1. The Labute approximate surface area is 155 Å². The van der Waals surface area contributed by atoms with Gasteiger partial charge in [-0.15, -0.1) is 0 Å². The second kappa shape index (κ2) is 7.05.